The van der Waals surface area contributed by atoms with Crippen LogP contribution in [0.5, 0.6) is 0 Å². The number of carbonyl (C=O) groups excluding carboxylic acids is 1. The molecule has 15 heavy (non-hydrogen) atoms. The first-order valence-electron chi connectivity index (χ1n) is 3.62. The number of benzene rings is 1. The summed E-state index contributed by atoms with van der Waals surface area (Å²) in [6.45, 7) is -5.89. The zero-order valence-electron chi connectivity index (χ0n) is 6.91. The molecule has 0 aliphatic heterocycles. The van der Waals surface area contributed by atoms with Gasteiger partial charge in [0, 0.05) is 0 Å². The fraction of sp³-hybridized carbons (Fsp3) is 0. The van der Waals surface area contributed by atoms with Gasteiger partial charge in [0.2, 0.25) is 0 Å². The highest BCUT2D eigenvalue weighted by atomic mass is 19.4. The van der Waals surface area contributed by atoms with E-state index in [0.717, 1.165) is 0 Å². The Morgan fingerprint density at radius 2 is 1.40 bits per heavy atom. The van der Waals surface area contributed by atoms with Crippen molar-refractivity contribution >= 4 is 12.7 Å². The van der Waals surface area contributed by atoms with E-state index in [0.29, 0.717) is 0 Å². The van der Waals surface area contributed by atoms with Crippen LogP contribution < -0.4 is 0 Å². The van der Waals surface area contributed by atoms with Gasteiger partial charge in [-0.15, -0.1) is 0 Å². The van der Waals surface area contributed by atoms with E-state index < -0.39 is 35.7 Å². The second-order valence-corrected chi connectivity index (χ2v) is 2.69. The van der Waals surface area contributed by atoms with Crippen molar-refractivity contribution in [1.82, 2.24) is 0 Å². The van der Waals surface area contributed by atoms with E-state index in [2.05, 4.69) is 0 Å². The molecule has 1 nitrogen and oxygen atoms in total. The fourth-order valence-electron chi connectivity index (χ4n) is 0.887. The second kappa shape index (κ2) is 3.60. The van der Waals surface area contributed by atoms with Gasteiger partial charge in [-0.2, -0.15) is 0 Å². The topological polar surface area (TPSA) is 17.1 Å². The highest BCUT2D eigenvalue weighted by Gasteiger charge is 2.34. The van der Waals surface area contributed by atoms with Gasteiger partial charge in [0.1, 0.15) is 5.68 Å². The molecular formula is C7H2BF6O-. The van der Waals surface area contributed by atoms with Crippen LogP contribution >= 0.6 is 0 Å². The minimum atomic E-state index is -5.89. The molecule has 0 aliphatic carbocycles. The first-order chi connectivity index (χ1) is 6.73. The second-order valence-electron chi connectivity index (χ2n) is 2.69. The van der Waals surface area contributed by atoms with Gasteiger partial charge in [-0.05, 0) is 17.7 Å². The molecule has 1 aromatic carbocycles. The summed E-state index contributed by atoms with van der Waals surface area (Å²) >= 11 is 0. The number of hydrogen-bond acceptors (Lipinski definition) is 1. The predicted molar refractivity (Wildman–Crippen MR) is 39.7 cm³/mol. The van der Waals surface area contributed by atoms with E-state index in [1.54, 1.807) is 0 Å². The van der Waals surface area contributed by atoms with Gasteiger partial charge in [-0.3, -0.25) is 0 Å². The Labute approximate surface area is 79.8 Å². The van der Waals surface area contributed by atoms with Gasteiger partial charge < -0.3 is 17.7 Å². The Morgan fingerprint density at radius 1 is 1.00 bits per heavy atom. The molecule has 0 atom stereocenters. The molecule has 0 radical (unpaired) electrons. The quantitative estimate of drug-likeness (QED) is 0.431. The van der Waals surface area contributed by atoms with E-state index in [-0.39, 0.29) is 12.1 Å². The van der Waals surface area contributed by atoms with Crippen molar-refractivity contribution in [2.24, 2.45) is 0 Å². The summed E-state index contributed by atoms with van der Waals surface area (Å²) in [5.41, 5.74) is -3.62. The molecule has 0 saturated heterocycles. The number of hydrogen-bond donors (Lipinski definition) is 0. The Morgan fingerprint density at radius 3 is 1.73 bits per heavy atom. The zero-order chi connectivity index (χ0) is 11.8. The lowest BCUT2D eigenvalue weighted by Crippen LogP contribution is -2.29. The van der Waals surface area contributed by atoms with Gasteiger partial charge >= 0.3 is 6.98 Å². The summed E-state index contributed by atoms with van der Waals surface area (Å²) in [5, 5.41) is 0. The third-order valence-corrected chi connectivity index (χ3v) is 1.57. The molecule has 0 aliphatic rings. The first-order valence-corrected chi connectivity index (χ1v) is 3.62. The summed E-state index contributed by atoms with van der Waals surface area (Å²) in [6, 6.07) is 0.0198. The fourth-order valence-corrected chi connectivity index (χ4v) is 0.887. The Balaban J connectivity index is 3.24. The number of halogens is 6. The van der Waals surface area contributed by atoms with E-state index in [9.17, 15) is 30.9 Å². The van der Waals surface area contributed by atoms with Crippen LogP contribution in [0, 0.1) is 17.5 Å². The highest BCUT2D eigenvalue weighted by molar-refractivity contribution is 6.93. The predicted octanol–water partition coefficient (Wildman–Crippen LogP) is 2.67. The normalized spacial score (nSPS) is 11.6. The minimum absolute atomic E-state index is 0.00991. The van der Waals surface area contributed by atoms with Crippen molar-refractivity contribution < 1.29 is 30.9 Å². The third kappa shape index (κ3) is 2.31. The summed E-state index contributed by atoms with van der Waals surface area (Å²) in [7, 11) is 0. The molecule has 8 heteroatoms. The Bertz CT molecular complexity index is 389. The molecule has 0 N–H and O–H groups in total. The minimum Gasteiger partial charge on any atom is -0.443 e. The van der Waals surface area contributed by atoms with Crippen LogP contribution in [0.3, 0.4) is 0 Å². The molecule has 0 spiro atoms. The molecule has 1 rings (SSSR count). The van der Waals surface area contributed by atoms with Crippen molar-refractivity contribution in [3.8, 4) is 0 Å². The first kappa shape index (κ1) is 11.6. The van der Waals surface area contributed by atoms with Crippen molar-refractivity contribution in [3.63, 3.8) is 0 Å². The standard InChI is InChI=1S/C7H2BF6O/c9-4-1-3(2-5(10)6(4)11)7(15)8(12,13)14/h1-2H/q-1. The van der Waals surface area contributed by atoms with Gasteiger partial charge in [0.15, 0.2) is 17.5 Å². The summed E-state index contributed by atoms with van der Waals surface area (Å²) in [6.07, 6.45) is 0. The van der Waals surface area contributed by atoms with Gasteiger partial charge in [0.05, 0.1) is 0 Å². The molecule has 0 unspecified atom stereocenters. The molecular weight excluding hydrogens is 225 g/mol. The zero-order valence-corrected chi connectivity index (χ0v) is 6.91. The van der Waals surface area contributed by atoms with Crippen molar-refractivity contribution in [1.29, 1.82) is 0 Å². The van der Waals surface area contributed by atoms with Gasteiger partial charge in [0.25, 0.3) is 0 Å². The lowest BCUT2D eigenvalue weighted by molar-refractivity contribution is 0.102. The summed E-state index contributed by atoms with van der Waals surface area (Å²) < 4.78 is 72.9. The van der Waals surface area contributed by atoms with E-state index in [4.69, 9.17) is 0 Å². The maximum Gasteiger partial charge on any atom is 0.549 e. The Hall–Kier alpha value is -1.47. The van der Waals surface area contributed by atoms with Crippen LogP contribution in [0.25, 0.3) is 0 Å². The van der Waals surface area contributed by atoms with E-state index in [1.807, 2.05) is 0 Å². The molecule has 0 aromatic heterocycles. The van der Waals surface area contributed by atoms with Gasteiger partial charge in [-0.1, -0.05) is 0 Å². The molecule has 0 heterocycles. The molecule has 0 fully saturated rings. The molecule has 0 bridgehead atoms. The largest absolute Gasteiger partial charge is 0.549 e. The SMILES string of the molecule is O=C(c1cc(F)c(F)c(F)c1)[B-](F)(F)F. The Kier molecular flexibility index (Phi) is 2.78. The lowest BCUT2D eigenvalue weighted by Gasteiger charge is -2.12. The smallest absolute Gasteiger partial charge is 0.443 e. The van der Waals surface area contributed by atoms with E-state index >= 15 is 0 Å². The molecule has 0 amide bonds. The molecule has 1 aromatic rings. The van der Waals surface area contributed by atoms with Crippen LogP contribution in [-0.4, -0.2) is 12.7 Å². The van der Waals surface area contributed by atoms with Crippen LogP contribution in [0.2, 0.25) is 0 Å². The molecule has 82 valence electrons. The highest BCUT2D eigenvalue weighted by Crippen LogP contribution is 2.20. The van der Waals surface area contributed by atoms with Crippen LogP contribution in [-0.2, 0) is 0 Å². The monoisotopic (exact) mass is 227 g/mol. The van der Waals surface area contributed by atoms with Crippen molar-refractivity contribution in [3.05, 3.63) is 35.1 Å². The van der Waals surface area contributed by atoms with Crippen molar-refractivity contribution in [2.45, 2.75) is 0 Å². The summed E-state index contributed by atoms with van der Waals surface area (Å²) in [5.74, 6) is -5.59. The number of carbonyl (C=O) groups is 1. The number of rotatable bonds is 2. The van der Waals surface area contributed by atoms with Crippen molar-refractivity contribution in [2.75, 3.05) is 0 Å². The average molecular weight is 227 g/mol. The van der Waals surface area contributed by atoms with E-state index in [1.165, 1.54) is 0 Å². The average Bonchev–Trinajstić information content (AvgIpc) is 2.10. The maximum absolute atomic E-state index is 12.5. The van der Waals surface area contributed by atoms with Gasteiger partial charge in [-0.25, -0.2) is 13.2 Å². The third-order valence-electron chi connectivity index (χ3n) is 1.57. The molecule has 0 saturated carbocycles. The lowest BCUT2D eigenvalue weighted by atomic mass is 9.80. The van der Waals surface area contributed by atoms with Crippen LogP contribution in [0.1, 0.15) is 10.4 Å². The van der Waals surface area contributed by atoms with Crippen LogP contribution in [0.4, 0.5) is 26.1 Å². The maximum atomic E-state index is 12.5. The summed E-state index contributed by atoms with van der Waals surface area (Å²) in [4.78, 5) is 10.5. The van der Waals surface area contributed by atoms with Crippen LogP contribution in [0.15, 0.2) is 12.1 Å².